The molecule has 2 N–H and O–H groups in total. The summed E-state index contributed by atoms with van der Waals surface area (Å²) in [6.07, 6.45) is -2.42. The van der Waals surface area contributed by atoms with Crippen LogP contribution in [-0.2, 0) is 18.0 Å². The summed E-state index contributed by atoms with van der Waals surface area (Å²) in [6.45, 7) is 33.7. The molecule has 6 nitrogen and oxygen atoms in total. The number of rotatable bonds is 9. The van der Waals surface area contributed by atoms with E-state index in [9.17, 15) is 10.2 Å². The van der Waals surface area contributed by atoms with Crippen molar-refractivity contribution in [3.8, 4) is 0 Å². The topological polar surface area (TPSA) is 77.4 Å². The van der Waals surface area contributed by atoms with E-state index in [-0.39, 0.29) is 27.8 Å². The van der Waals surface area contributed by atoms with Crippen LogP contribution in [0.3, 0.4) is 0 Å². The van der Waals surface area contributed by atoms with Crippen molar-refractivity contribution < 1.29 is 28.2 Å². The maximum absolute atomic E-state index is 11.5. The zero-order chi connectivity index (χ0) is 27.8. The second-order valence-corrected chi connectivity index (χ2v) is 29.3. The van der Waals surface area contributed by atoms with Gasteiger partial charge in [0.1, 0.15) is 24.4 Å². The molecule has 1 saturated heterocycles. The Hall–Kier alpha value is 0.411. The lowest BCUT2D eigenvalue weighted by Crippen LogP contribution is -2.66. The fraction of sp³-hybridized carbons (Fsp3) is 1.00. The van der Waals surface area contributed by atoms with Crippen LogP contribution in [-0.4, -0.2) is 78.9 Å². The van der Waals surface area contributed by atoms with Gasteiger partial charge in [-0.15, -0.1) is 0 Å². The smallest absolute Gasteiger partial charge is 0.192 e. The van der Waals surface area contributed by atoms with Crippen molar-refractivity contribution >= 4 is 25.0 Å². The maximum atomic E-state index is 11.5. The van der Waals surface area contributed by atoms with E-state index >= 15 is 0 Å². The highest BCUT2D eigenvalue weighted by molar-refractivity contribution is 6.75. The predicted molar refractivity (Wildman–Crippen MR) is 154 cm³/mol. The Kier molecular flexibility index (Phi) is 10.8. The van der Waals surface area contributed by atoms with E-state index in [4.69, 9.17) is 18.0 Å². The number of aliphatic hydroxyl groups is 2. The van der Waals surface area contributed by atoms with Gasteiger partial charge in [-0.05, 0) is 60.8 Å². The number of hydrogen-bond donors (Lipinski definition) is 2. The highest BCUT2D eigenvalue weighted by atomic mass is 28.4. The first-order valence-corrected chi connectivity index (χ1v) is 22.0. The summed E-state index contributed by atoms with van der Waals surface area (Å²) in [5.41, 5.74) is 0. The Morgan fingerprint density at radius 2 is 1.06 bits per heavy atom. The van der Waals surface area contributed by atoms with Gasteiger partial charge in [0.25, 0.3) is 0 Å². The van der Waals surface area contributed by atoms with Crippen molar-refractivity contribution in [1.29, 1.82) is 0 Å². The highest BCUT2D eigenvalue weighted by Crippen LogP contribution is 2.44. The SMILES string of the molecule is CC(C)(C)[Si](C)(C)OC[C@H]1O[C@H](CCO)[C@H](O)[C@@H](O[Si](C)(C)C(C)(C)C)[C@@H]1O[Si](C)(C)C(C)(C)C. The van der Waals surface area contributed by atoms with Crippen LogP contribution in [0.25, 0.3) is 0 Å². The molecule has 1 aliphatic rings. The maximum Gasteiger partial charge on any atom is 0.192 e. The average Bonchev–Trinajstić information content (AvgIpc) is 2.63. The molecule has 1 rings (SSSR count). The average molecular weight is 551 g/mol. The van der Waals surface area contributed by atoms with Crippen LogP contribution in [0.5, 0.6) is 0 Å². The summed E-state index contributed by atoms with van der Waals surface area (Å²) in [5.74, 6) is 0. The first kappa shape index (κ1) is 33.4. The monoisotopic (exact) mass is 550 g/mol. The van der Waals surface area contributed by atoms with Crippen LogP contribution in [0, 0.1) is 0 Å². The van der Waals surface area contributed by atoms with E-state index in [0.29, 0.717) is 13.0 Å². The molecule has 1 aliphatic heterocycles. The minimum Gasteiger partial charge on any atom is -0.414 e. The Morgan fingerprint density at radius 3 is 1.43 bits per heavy atom. The van der Waals surface area contributed by atoms with E-state index in [1.54, 1.807) is 0 Å². The molecular weight excluding hydrogens is 493 g/mol. The van der Waals surface area contributed by atoms with Crippen LogP contribution in [0.1, 0.15) is 68.7 Å². The van der Waals surface area contributed by atoms with Gasteiger partial charge in [0.05, 0.1) is 12.7 Å². The molecule has 1 heterocycles. The van der Waals surface area contributed by atoms with Gasteiger partial charge >= 0.3 is 0 Å². The quantitative estimate of drug-likeness (QED) is 0.328. The van der Waals surface area contributed by atoms with Crippen molar-refractivity contribution in [3.05, 3.63) is 0 Å². The van der Waals surface area contributed by atoms with Gasteiger partial charge in [-0.25, -0.2) is 0 Å². The number of aliphatic hydroxyl groups excluding tert-OH is 2. The van der Waals surface area contributed by atoms with Crippen LogP contribution in [0.4, 0.5) is 0 Å². The summed E-state index contributed by atoms with van der Waals surface area (Å²) in [4.78, 5) is 0. The fourth-order valence-electron chi connectivity index (χ4n) is 3.32. The molecule has 0 aromatic rings. The molecule has 0 unspecified atom stereocenters. The zero-order valence-corrected chi connectivity index (χ0v) is 28.5. The number of ether oxygens (including phenoxy) is 1. The summed E-state index contributed by atoms with van der Waals surface area (Å²) in [6, 6.07) is 0. The van der Waals surface area contributed by atoms with Gasteiger partial charge in [0.2, 0.25) is 0 Å². The molecule has 0 aromatic heterocycles. The summed E-state index contributed by atoms with van der Waals surface area (Å²) in [5, 5.41) is 21.3. The van der Waals surface area contributed by atoms with Crippen molar-refractivity contribution in [3.63, 3.8) is 0 Å². The predicted octanol–water partition coefficient (Wildman–Crippen LogP) is 6.30. The largest absolute Gasteiger partial charge is 0.414 e. The molecule has 5 atom stereocenters. The third kappa shape index (κ3) is 8.20. The molecule has 210 valence electrons. The fourth-order valence-corrected chi connectivity index (χ4v) is 6.96. The van der Waals surface area contributed by atoms with E-state index < -0.39 is 49.4 Å². The van der Waals surface area contributed by atoms with Crippen molar-refractivity contribution in [2.24, 2.45) is 0 Å². The van der Waals surface area contributed by atoms with Gasteiger partial charge in [0.15, 0.2) is 25.0 Å². The van der Waals surface area contributed by atoms with E-state index in [0.717, 1.165) is 0 Å². The summed E-state index contributed by atoms with van der Waals surface area (Å²) >= 11 is 0. The summed E-state index contributed by atoms with van der Waals surface area (Å²) in [7, 11) is -6.51. The molecule has 0 radical (unpaired) electrons. The van der Waals surface area contributed by atoms with E-state index in [1.807, 2.05) is 0 Å². The van der Waals surface area contributed by atoms with Gasteiger partial charge in [-0.3, -0.25) is 0 Å². The first-order chi connectivity index (χ1) is 15.4. The molecule has 0 aromatic carbocycles. The van der Waals surface area contributed by atoms with Crippen LogP contribution < -0.4 is 0 Å². The molecule has 1 fully saturated rings. The molecule has 0 saturated carbocycles. The molecule has 35 heavy (non-hydrogen) atoms. The van der Waals surface area contributed by atoms with Gasteiger partial charge in [-0.2, -0.15) is 0 Å². The first-order valence-electron chi connectivity index (χ1n) is 13.3. The molecule has 0 aliphatic carbocycles. The third-order valence-electron chi connectivity index (χ3n) is 9.06. The Labute approximate surface area is 219 Å². The zero-order valence-electron chi connectivity index (χ0n) is 25.5. The lowest BCUT2D eigenvalue weighted by Gasteiger charge is -2.52. The van der Waals surface area contributed by atoms with Gasteiger partial charge < -0.3 is 28.2 Å². The van der Waals surface area contributed by atoms with Crippen molar-refractivity contribution in [1.82, 2.24) is 0 Å². The Balaban J connectivity index is 3.50. The van der Waals surface area contributed by atoms with Crippen LogP contribution >= 0.6 is 0 Å². The standard InChI is InChI=1S/C26H58O6Si3/c1-24(2,3)33(10,11)29-18-20-22(31-34(12,13)25(4,5)6)23(21(28)19(30-20)16-17-27)32-35(14,15)26(7,8)9/h19-23,27-28H,16-18H2,1-15H3/t19-,20-,21+,22-,23-/m1/s1. The van der Waals surface area contributed by atoms with Crippen LogP contribution in [0.2, 0.25) is 54.4 Å². The molecule has 0 bridgehead atoms. The van der Waals surface area contributed by atoms with Gasteiger partial charge in [0, 0.05) is 6.61 Å². The molecular formula is C26H58O6Si3. The highest BCUT2D eigenvalue weighted by Gasteiger charge is 2.53. The van der Waals surface area contributed by atoms with E-state index in [1.165, 1.54) is 0 Å². The number of hydrogen-bond acceptors (Lipinski definition) is 6. The Bertz CT molecular complexity index is 676. The molecule has 9 heteroatoms. The van der Waals surface area contributed by atoms with Crippen molar-refractivity contribution in [2.75, 3.05) is 13.2 Å². The van der Waals surface area contributed by atoms with Crippen LogP contribution in [0.15, 0.2) is 0 Å². The normalized spacial score (nSPS) is 27.9. The second-order valence-electron chi connectivity index (χ2n) is 15.0. The minimum absolute atomic E-state index is 0.00768. The third-order valence-corrected chi connectivity index (χ3v) is 22.5. The second kappa shape index (κ2) is 11.3. The minimum atomic E-state index is -2.24. The molecule has 0 spiro atoms. The molecule has 0 amide bonds. The van der Waals surface area contributed by atoms with Crippen molar-refractivity contribution in [2.45, 2.75) is 154 Å². The van der Waals surface area contributed by atoms with E-state index in [2.05, 4.69) is 102 Å². The lowest BCUT2D eigenvalue weighted by atomic mass is 9.94. The van der Waals surface area contributed by atoms with Gasteiger partial charge in [-0.1, -0.05) is 62.3 Å². The lowest BCUT2D eigenvalue weighted by molar-refractivity contribution is -0.222. The Morgan fingerprint density at radius 1 is 0.657 bits per heavy atom. The summed E-state index contributed by atoms with van der Waals surface area (Å²) < 4.78 is 27.0.